The van der Waals surface area contributed by atoms with Gasteiger partial charge in [-0.1, -0.05) is 12.2 Å². The van der Waals surface area contributed by atoms with Crippen LogP contribution in [-0.4, -0.2) is 80.6 Å². The number of fused-ring (bicyclic) bond motifs is 5. The quantitative estimate of drug-likeness (QED) is 0.113. The molecule has 4 atom stereocenters. The van der Waals surface area contributed by atoms with Crippen LogP contribution in [0.5, 0.6) is 0 Å². The van der Waals surface area contributed by atoms with Crippen LogP contribution in [-0.2, 0) is 9.59 Å². The molecule has 1 saturated carbocycles. The fourth-order valence-corrected chi connectivity index (χ4v) is 4.79. The number of nitrogens with zero attached hydrogens (tertiary/aromatic N) is 3. The van der Waals surface area contributed by atoms with Gasteiger partial charge in [-0.2, -0.15) is 13.2 Å². The Morgan fingerprint density at radius 1 is 1.13 bits per heavy atom. The van der Waals surface area contributed by atoms with Gasteiger partial charge in [-0.25, -0.2) is 0 Å². The lowest BCUT2D eigenvalue weighted by atomic mass is 9.85. The molecule has 31 heavy (non-hydrogen) atoms. The first-order valence-electron chi connectivity index (χ1n) is 10.4. The molecule has 2 N–H and O–H groups in total. The molecule has 11 heteroatoms. The first-order valence-corrected chi connectivity index (χ1v) is 10.4. The predicted molar refractivity (Wildman–Crippen MR) is 122 cm³/mol. The van der Waals surface area contributed by atoms with Crippen molar-refractivity contribution in [1.82, 2.24) is 20.4 Å². The molecular formula is C20H31F3IN5O2. The van der Waals surface area contributed by atoms with Crippen molar-refractivity contribution < 1.29 is 22.8 Å². The van der Waals surface area contributed by atoms with Gasteiger partial charge < -0.3 is 10.6 Å². The first kappa shape index (κ1) is 25.9. The van der Waals surface area contributed by atoms with Crippen molar-refractivity contribution in [2.75, 3.05) is 46.8 Å². The third kappa shape index (κ3) is 6.33. The maximum atomic E-state index is 12.6. The lowest BCUT2D eigenvalue weighted by Crippen LogP contribution is -2.41. The van der Waals surface area contributed by atoms with E-state index in [0.29, 0.717) is 45.0 Å². The Kier molecular flexibility index (Phi) is 9.16. The van der Waals surface area contributed by atoms with Gasteiger partial charge in [0, 0.05) is 26.7 Å². The molecule has 1 saturated heterocycles. The van der Waals surface area contributed by atoms with Crippen LogP contribution in [0, 0.1) is 23.7 Å². The largest absolute Gasteiger partial charge is 0.401 e. The topological polar surface area (TPSA) is 77.0 Å². The highest BCUT2D eigenvalue weighted by molar-refractivity contribution is 14.0. The Morgan fingerprint density at radius 2 is 1.68 bits per heavy atom. The van der Waals surface area contributed by atoms with E-state index in [9.17, 15) is 22.8 Å². The van der Waals surface area contributed by atoms with E-state index < -0.39 is 12.7 Å². The van der Waals surface area contributed by atoms with Crippen molar-refractivity contribution in [3.05, 3.63) is 12.2 Å². The fraction of sp³-hybridized carbons (Fsp3) is 0.750. The lowest BCUT2D eigenvalue weighted by molar-refractivity contribution is -0.143. The van der Waals surface area contributed by atoms with E-state index in [2.05, 4.69) is 27.8 Å². The minimum atomic E-state index is -4.19. The van der Waals surface area contributed by atoms with Gasteiger partial charge in [0.05, 0.1) is 18.4 Å². The van der Waals surface area contributed by atoms with Gasteiger partial charge >= 0.3 is 6.18 Å². The van der Waals surface area contributed by atoms with Crippen LogP contribution >= 0.6 is 24.0 Å². The summed E-state index contributed by atoms with van der Waals surface area (Å²) in [5.41, 5.74) is 0. The number of rotatable bonds is 9. The number of carbonyl (C=O) groups is 2. The van der Waals surface area contributed by atoms with Crippen LogP contribution in [0.25, 0.3) is 0 Å². The highest BCUT2D eigenvalue weighted by Crippen LogP contribution is 2.52. The van der Waals surface area contributed by atoms with Crippen LogP contribution < -0.4 is 10.6 Å². The van der Waals surface area contributed by atoms with Crippen molar-refractivity contribution in [3.63, 3.8) is 0 Å². The number of imide groups is 1. The van der Waals surface area contributed by atoms with E-state index in [1.54, 1.807) is 7.05 Å². The number of alkyl halides is 3. The number of hydrogen-bond acceptors (Lipinski definition) is 4. The standard InChI is InChI=1S/C20H30F3N5O2.HI/c1-24-19(25-7-3-9-27(2)12-20(21,22)23)26-8-4-10-28-17(29)15-13-5-6-14(11-13)16(15)18(28)30;/h5-6,13-16H,3-4,7-12H2,1-2H3,(H2,24,25,26);1H. The number of nitrogens with one attached hydrogen (secondary N) is 2. The molecule has 3 aliphatic rings. The second kappa shape index (κ2) is 11.0. The molecule has 4 unspecified atom stereocenters. The summed E-state index contributed by atoms with van der Waals surface area (Å²) in [5.74, 6) is 0.595. The second-order valence-corrected chi connectivity index (χ2v) is 8.31. The van der Waals surface area contributed by atoms with Crippen molar-refractivity contribution in [3.8, 4) is 0 Å². The molecule has 0 aromatic heterocycles. The first-order chi connectivity index (χ1) is 14.2. The number of hydrogen-bond donors (Lipinski definition) is 2. The third-order valence-corrected chi connectivity index (χ3v) is 6.09. The average molecular weight is 557 g/mol. The van der Waals surface area contributed by atoms with Gasteiger partial charge in [0.15, 0.2) is 5.96 Å². The van der Waals surface area contributed by atoms with Gasteiger partial charge in [0.2, 0.25) is 11.8 Å². The number of halogens is 4. The van der Waals surface area contributed by atoms with Gasteiger partial charge in [-0.3, -0.25) is 24.4 Å². The van der Waals surface area contributed by atoms with Crippen LogP contribution in [0.4, 0.5) is 13.2 Å². The summed E-state index contributed by atoms with van der Waals surface area (Å²) in [4.78, 5) is 32.0. The van der Waals surface area contributed by atoms with Crippen LogP contribution in [0.3, 0.4) is 0 Å². The molecule has 0 radical (unpaired) electrons. The maximum Gasteiger partial charge on any atom is 0.401 e. The molecule has 2 fully saturated rings. The number of likely N-dealkylation sites (tertiary alicyclic amines) is 1. The normalized spacial score (nSPS) is 27.2. The average Bonchev–Trinajstić information content (AvgIpc) is 3.34. The zero-order chi connectivity index (χ0) is 21.9. The summed E-state index contributed by atoms with van der Waals surface area (Å²) >= 11 is 0. The van der Waals surface area contributed by atoms with Gasteiger partial charge in [0.25, 0.3) is 0 Å². The smallest absolute Gasteiger partial charge is 0.356 e. The summed E-state index contributed by atoms with van der Waals surface area (Å²) in [6.45, 7) is 0.806. The van der Waals surface area contributed by atoms with Crippen molar-refractivity contribution in [2.45, 2.75) is 25.4 Å². The monoisotopic (exact) mass is 557 g/mol. The molecule has 2 aliphatic carbocycles. The Balaban J connectivity index is 0.00000341. The Hall–Kier alpha value is -1.37. The van der Waals surface area contributed by atoms with E-state index >= 15 is 0 Å². The van der Waals surface area contributed by atoms with Crippen LogP contribution in [0.15, 0.2) is 17.1 Å². The molecule has 0 aromatic rings. The van der Waals surface area contributed by atoms with Crippen molar-refractivity contribution >= 4 is 41.8 Å². The van der Waals surface area contributed by atoms with E-state index in [1.807, 2.05) is 0 Å². The zero-order valence-corrected chi connectivity index (χ0v) is 20.2. The summed E-state index contributed by atoms with van der Waals surface area (Å²) in [5, 5.41) is 6.17. The van der Waals surface area contributed by atoms with Crippen molar-refractivity contribution in [1.29, 1.82) is 0 Å². The van der Waals surface area contributed by atoms with E-state index in [4.69, 9.17) is 0 Å². The van der Waals surface area contributed by atoms with Crippen LogP contribution in [0.1, 0.15) is 19.3 Å². The summed E-state index contributed by atoms with van der Waals surface area (Å²) < 4.78 is 36.9. The maximum absolute atomic E-state index is 12.6. The summed E-state index contributed by atoms with van der Waals surface area (Å²) in [7, 11) is 3.06. The molecule has 7 nitrogen and oxygen atoms in total. The lowest BCUT2D eigenvalue weighted by Gasteiger charge is -2.19. The minimum absolute atomic E-state index is 0. The number of guanidine groups is 1. The number of carbonyl (C=O) groups excluding carboxylic acids is 2. The SMILES string of the molecule is CN=C(NCCCN(C)CC(F)(F)F)NCCCN1C(=O)C2C3C=CC(C3)C2C1=O.I. The third-order valence-electron chi connectivity index (χ3n) is 6.09. The highest BCUT2D eigenvalue weighted by Gasteiger charge is 2.58. The molecule has 3 rings (SSSR count). The molecule has 1 heterocycles. The van der Waals surface area contributed by atoms with Gasteiger partial charge in [0.1, 0.15) is 0 Å². The van der Waals surface area contributed by atoms with Gasteiger partial charge in [-0.15, -0.1) is 24.0 Å². The van der Waals surface area contributed by atoms with Crippen molar-refractivity contribution in [2.24, 2.45) is 28.7 Å². The fourth-order valence-electron chi connectivity index (χ4n) is 4.79. The van der Waals surface area contributed by atoms with Crippen LogP contribution in [0.2, 0.25) is 0 Å². The molecular weight excluding hydrogens is 526 g/mol. The number of allylic oxidation sites excluding steroid dienone is 2. The molecule has 2 bridgehead atoms. The zero-order valence-electron chi connectivity index (χ0n) is 17.8. The Bertz CT molecular complexity index is 685. The minimum Gasteiger partial charge on any atom is -0.356 e. The molecule has 0 spiro atoms. The molecule has 176 valence electrons. The Labute approximate surface area is 197 Å². The van der Waals surface area contributed by atoms with E-state index in [1.165, 1.54) is 16.8 Å². The van der Waals surface area contributed by atoms with E-state index in [0.717, 1.165) is 6.42 Å². The Morgan fingerprint density at radius 3 is 2.19 bits per heavy atom. The second-order valence-electron chi connectivity index (χ2n) is 8.31. The molecule has 2 amide bonds. The molecule has 0 aromatic carbocycles. The summed E-state index contributed by atoms with van der Waals surface area (Å²) in [6, 6.07) is 0. The van der Waals surface area contributed by atoms with Gasteiger partial charge in [-0.05, 0) is 44.7 Å². The highest BCUT2D eigenvalue weighted by atomic mass is 127. The van der Waals surface area contributed by atoms with E-state index in [-0.39, 0.29) is 59.5 Å². The number of aliphatic imine (C=N–C) groups is 1. The number of amides is 2. The molecule has 1 aliphatic heterocycles. The summed E-state index contributed by atoms with van der Waals surface area (Å²) in [6.07, 6.45) is 2.05. The predicted octanol–water partition coefficient (Wildman–Crippen LogP) is 1.85.